The van der Waals surface area contributed by atoms with Crippen molar-refractivity contribution in [3.05, 3.63) is 0 Å². The van der Waals surface area contributed by atoms with Gasteiger partial charge in [-0.1, -0.05) is 0 Å². The number of carbonyl (C=O) groups is 5. The predicted molar refractivity (Wildman–Crippen MR) is 85.8 cm³/mol. The molecule has 0 aromatic rings. The number of carbonyl (C=O) groups excluding carboxylic acids is 5. The summed E-state index contributed by atoms with van der Waals surface area (Å²) in [6.07, 6.45) is -4.97. The van der Waals surface area contributed by atoms with E-state index >= 15 is 0 Å². The fourth-order valence-electron chi connectivity index (χ4n) is 2.55. The molecule has 27 heavy (non-hydrogen) atoms. The summed E-state index contributed by atoms with van der Waals surface area (Å²) in [6, 6.07) is -1.16. The van der Waals surface area contributed by atoms with Crippen LogP contribution >= 0.6 is 0 Å². The molecule has 1 N–H and O–H groups in total. The van der Waals surface area contributed by atoms with E-state index in [1.54, 1.807) is 0 Å². The molecule has 152 valence electrons. The Morgan fingerprint density at radius 3 is 1.74 bits per heavy atom. The molecule has 5 atom stereocenters. The van der Waals surface area contributed by atoms with Crippen LogP contribution in [0.2, 0.25) is 0 Å². The van der Waals surface area contributed by atoms with E-state index in [0.717, 1.165) is 27.7 Å². The van der Waals surface area contributed by atoms with Gasteiger partial charge in [0.1, 0.15) is 18.8 Å². The molecule has 1 heterocycles. The number of nitrogens with one attached hydrogen (secondary N) is 1. The van der Waals surface area contributed by atoms with Crippen LogP contribution in [0.1, 0.15) is 34.6 Å². The molecular formula is C16H23NO10. The van der Waals surface area contributed by atoms with Gasteiger partial charge in [-0.25, -0.2) is 0 Å². The van der Waals surface area contributed by atoms with Crippen molar-refractivity contribution in [1.82, 2.24) is 5.32 Å². The van der Waals surface area contributed by atoms with Crippen molar-refractivity contribution in [2.45, 2.75) is 65.3 Å². The van der Waals surface area contributed by atoms with Crippen molar-refractivity contribution in [3.63, 3.8) is 0 Å². The highest BCUT2D eigenvalue weighted by molar-refractivity contribution is 5.74. The standard InChI is InChI=1S/C16H23NO10/c1-7(18)17-13-15(25-10(4)21)14(24-9(3)20)12(6-23-8(2)19)27-16(13)26-11(5)22/h12-16H,6H2,1-5H3,(H,17,18)/t12?,13?,14-,15?,16+/m1/s1. The van der Waals surface area contributed by atoms with Crippen LogP contribution in [-0.2, 0) is 47.7 Å². The molecule has 1 fully saturated rings. The number of esters is 4. The van der Waals surface area contributed by atoms with Gasteiger partial charge in [0.25, 0.3) is 0 Å². The van der Waals surface area contributed by atoms with Gasteiger partial charge in [0.15, 0.2) is 12.2 Å². The summed E-state index contributed by atoms with van der Waals surface area (Å²) >= 11 is 0. The molecule has 0 aromatic heterocycles. The highest BCUT2D eigenvalue weighted by Gasteiger charge is 2.52. The topological polar surface area (TPSA) is 144 Å². The molecule has 11 nitrogen and oxygen atoms in total. The summed E-state index contributed by atoms with van der Waals surface area (Å²) in [5, 5.41) is 2.46. The zero-order chi connectivity index (χ0) is 20.7. The minimum Gasteiger partial charge on any atom is -0.463 e. The first-order chi connectivity index (χ1) is 12.5. The minimum atomic E-state index is -1.37. The van der Waals surface area contributed by atoms with Crippen LogP contribution in [-0.4, -0.2) is 67.0 Å². The largest absolute Gasteiger partial charge is 0.463 e. The van der Waals surface area contributed by atoms with E-state index in [2.05, 4.69) is 5.32 Å². The zero-order valence-electron chi connectivity index (χ0n) is 15.7. The molecule has 0 bridgehead atoms. The fourth-order valence-corrected chi connectivity index (χ4v) is 2.55. The van der Waals surface area contributed by atoms with Gasteiger partial charge >= 0.3 is 23.9 Å². The van der Waals surface area contributed by atoms with Crippen LogP contribution < -0.4 is 5.32 Å². The Balaban J connectivity index is 3.29. The highest BCUT2D eigenvalue weighted by Crippen LogP contribution is 2.28. The number of ether oxygens (including phenoxy) is 5. The lowest BCUT2D eigenvalue weighted by atomic mass is 9.96. The van der Waals surface area contributed by atoms with E-state index in [1.165, 1.54) is 6.92 Å². The van der Waals surface area contributed by atoms with Crippen molar-refractivity contribution in [2.75, 3.05) is 6.61 Å². The molecule has 0 saturated carbocycles. The highest BCUT2D eigenvalue weighted by atomic mass is 16.7. The average molecular weight is 389 g/mol. The van der Waals surface area contributed by atoms with Crippen molar-refractivity contribution < 1.29 is 47.7 Å². The van der Waals surface area contributed by atoms with Crippen LogP contribution in [0, 0.1) is 0 Å². The molecule has 3 unspecified atom stereocenters. The van der Waals surface area contributed by atoms with Crippen LogP contribution in [0.25, 0.3) is 0 Å². The molecule has 1 aliphatic rings. The van der Waals surface area contributed by atoms with E-state index in [4.69, 9.17) is 23.7 Å². The van der Waals surface area contributed by atoms with Crippen LogP contribution in [0.3, 0.4) is 0 Å². The lowest BCUT2D eigenvalue weighted by Crippen LogP contribution is -2.66. The van der Waals surface area contributed by atoms with Gasteiger partial charge < -0.3 is 29.0 Å². The maximum Gasteiger partial charge on any atom is 0.305 e. The first-order valence-electron chi connectivity index (χ1n) is 8.08. The SMILES string of the molecule is CC(=O)NC1C(OC(C)=O)[C@H](OC(C)=O)C(COC(C)=O)O[C@@H]1OC(C)=O. The molecule has 1 aliphatic heterocycles. The second-order valence-electron chi connectivity index (χ2n) is 5.83. The average Bonchev–Trinajstić information content (AvgIpc) is 2.49. The fraction of sp³-hybridized carbons (Fsp3) is 0.688. The van der Waals surface area contributed by atoms with Crippen LogP contribution in [0.15, 0.2) is 0 Å². The lowest BCUT2D eigenvalue weighted by Gasteiger charge is -2.44. The molecule has 11 heteroatoms. The number of hydrogen-bond donors (Lipinski definition) is 1. The summed E-state index contributed by atoms with van der Waals surface area (Å²) in [4.78, 5) is 57.2. The molecule has 0 aliphatic carbocycles. The normalized spacial score (nSPS) is 27.1. The van der Waals surface area contributed by atoms with Gasteiger partial charge in [0.05, 0.1) is 0 Å². The van der Waals surface area contributed by atoms with Crippen molar-refractivity contribution in [3.8, 4) is 0 Å². The van der Waals surface area contributed by atoms with E-state index in [9.17, 15) is 24.0 Å². The predicted octanol–water partition coefficient (Wildman–Crippen LogP) is -0.794. The quantitative estimate of drug-likeness (QED) is 0.453. The van der Waals surface area contributed by atoms with Gasteiger partial charge in [-0.15, -0.1) is 0 Å². The Kier molecular flexibility index (Phi) is 8.16. The Labute approximate surface area is 155 Å². The molecule has 0 aromatic carbocycles. The first kappa shape index (κ1) is 22.4. The first-order valence-corrected chi connectivity index (χ1v) is 8.08. The number of amides is 1. The Bertz CT molecular complexity index is 604. The maximum absolute atomic E-state index is 11.6. The van der Waals surface area contributed by atoms with Crippen LogP contribution in [0.5, 0.6) is 0 Å². The second kappa shape index (κ2) is 9.86. The van der Waals surface area contributed by atoms with Crippen molar-refractivity contribution in [2.24, 2.45) is 0 Å². The molecular weight excluding hydrogens is 366 g/mol. The van der Waals surface area contributed by atoms with Gasteiger partial charge in [-0.2, -0.15) is 0 Å². The Morgan fingerprint density at radius 1 is 0.778 bits per heavy atom. The zero-order valence-corrected chi connectivity index (χ0v) is 15.7. The smallest absolute Gasteiger partial charge is 0.305 e. The monoisotopic (exact) mass is 389 g/mol. The molecule has 1 amide bonds. The second-order valence-corrected chi connectivity index (χ2v) is 5.83. The minimum absolute atomic E-state index is 0.365. The lowest BCUT2D eigenvalue weighted by molar-refractivity contribution is -0.270. The summed E-state index contributed by atoms with van der Waals surface area (Å²) in [7, 11) is 0. The Morgan fingerprint density at radius 2 is 1.30 bits per heavy atom. The van der Waals surface area contributed by atoms with E-state index < -0.39 is 60.4 Å². The summed E-state index contributed by atoms with van der Waals surface area (Å²) in [6.45, 7) is 5.36. The third-order valence-corrected chi connectivity index (χ3v) is 3.35. The third-order valence-electron chi connectivity index (χ3n) is 3.35. The molecule has 0 radical (unpaired) electrons. The van der Waals surface area contributed by atoms with Gasteiger partial charge in [-0.05, 0) is 0 Å². The van der Waals surface area contributed by atoms with Gasteiger partial charge in [-0.3, -0.25) is 24.0 Å². The Hall–Kier alpha value is -2.69. The maximum atomic E-state index is 11.6. The molecule has 1 rings (SSSR count). The number of rotatable bonds is 6. The van der Waals surface area contributed by atoms with Gasteiger partial charge in [0.2, 0.25) is 12.2 Å². The van der Waals surface area contributed by atoms with Crippen LogP contribution in [0.4, 0.5) is 0 Å². The molecule has 1 saturated heterocycles. The number of hydrogen-bond acceptors (Lipinski definition) is 10. The summed E-state index contributed by atoms with van der Waals surface area (Å²) in [5.41, 5.74) is 0. The van der Waals surface area contributed by atoms with E-state index in [-0.39, 0.29) is 6.61 Å². The van der Waals surface area contributed by atoms with Crippen molar-refractivity contribution in [1.29, 1.82) is 0 Å². The third kappa shape index (κ3) is 7.21. The van der Waals surface area contributed by atoms with Crippen molar-refractivity contribution >= 4 is 29.8 Å². The van der Waals surface area contributed by atoms with E-state index in [0.29, 0.717) is 0 Å². The summed E-state index contributed by atoms with van der Waals surface area (Å²) < 4.78 is 25.9. The van der Waals surface area contributed by atoms with E-state index in [1.807, 2.05) is 0 Å². The molecule has 0 spiro atoms. The van der Waals surface area contributed by atoms with Gasteiger partial charge in [0, 0.05) is 34.6 Å². The summed E-state index contributed by atoms with van der Waals surface area (Å²) in [5.74, 6) is -3.34.